The molecule has 0 aliphatic rings. The summed E-state index contributed by atoms with van der Waals surface area (Å²) in [6, 6.07) is 5.05. The fourth-order valence-electron chi connectivity index (χ4n) is 1.47. The molecule has 0 radical (unpaired) electrons. The van der Waals surface area contributed by atoms with E-state index < -0.39 is 4.92 Å². The molecule has 2 aromatic rings. The third kappa shape index (κ3) is 2.95. The highest BCUT2D eigenvalue weighted by Gasteiger charge is 2.22. The van der Waals surface area contributed by atoms with Crippen molar-refractivity contribution >= 4 is 50.5 Å². The second-order valence-electron chi connectivity index (χ2n) is 3.57. The number of nitrogen functional groups attached to an aromatic ring is 1. The standard InChI is InChI=1S/C10H8BrClN6O2/c11-5-1-2-7(6(12)3-5)16-9-8(18(19)20)10(17-13)15-4-14-9/h1-4H,13H2,(H2,14,15,16,17). The maximum absolute atomic E-state index is 11.1. The van der Waals surface area contributed by atoms with E-state index in [1.165, 1.54) is 0 Å². The number of nitrogens with zero attached hydrogens (tertiary/aromatic N) is 3. The van der Waals surface area contributed by atoms with Crippen molar-refractivity contribution in [3.05, 3.63) is 44.1 Å². The molecule has 4 N–H and O–H groups in total. The van der Waals surface area contributed by atoms with Gasteiger partial charge in [0.2, 0.25) is 11.6 Å². The van der Waals surface area contributed by atoms with E-state index in [4.69, 9.17) is 17.4 Å². The van der Waals surface area contributed by atoms with Crippen molar-refractivity contribution in [1.82, 2.24) is 9.97 Å². The molecule has 104 valence electrons. The summed E-state index contributed by atoms with van der Waals surface area (Å²) >= 11 is 9.31. The number of anilines is 3. The molecule has 10 heteroatoms. The van der Waals surface area contributed by atoms with Crippen LogP contribution in [0.3, 0.4) is 0 Å². The highest BCUT2D eigenvalue weighted by Crippen LogP contribution is 2.33. The number of benzene rings is 1. The van der Waals surface area contributed by atoms with Gasteiger partial charge in [-0.3, -0.25) is 10.1 Å². The molecule has 0 bridgehead atoms. The molecule has 0 saturated heterocycles. The predicted octanol–water partition coefficient (Wildman–Crippen LogP) is 2.83. The minimum atomic E-state index is -0.635. The van der Waals surface area contributed by atoms with E-state index in [-0.39, 0.29) is 17.3 Å². The second kappa shape index (κ2) is 5.99. The van der Waals surface area contributed by atoms with E-state index in [2.05, 4.69) is 36.6 Å². The Morgan fingerprint density at radius 2 is 2.05 bits per heavy atom. The molecule has 0 unspecified atom stereocenters. The van der Waals surface area contributed by atoms with E-state index in [0.717, 1.165) is 10.8 Å². The molecule has 0 spiro atoms. The van der Waals surface area contributed by atoms with Crippen molar-refractivity contribution in [2.75, 3.05) is 10.7 Å². The summed E-state index contributed by atoms with van der Waals surface area (Å²) in [5.74, 6) is 5.09. The highest BCUT2D eigenvalue weighted by atomic mass is 79.9. The van der Waals surface area contributed by atoms with Crippen molar-refractivity contribution in [2.45, 2.75) is 0 Å². The second-order valence-corrected chi connectivity index (χ2v) is 4.89. The molecular weight excluding hydrogens is 352 g/mol. The van der Waals surface area contributed by atoms with Gasteiger partial charge in [-0.1, -0.05) is 27.5 Å². The van der Waals surface area contributed by atoms with Gasteiger partial charge in [-0.25, -0.2) is 15.8 Å². The lowest BCUT2D eigenvalue weighted by molar-refractivity contribution is -0.383. The molecule has 0 atom stereocenters. The first kappa shape index (κ1) is 14.4. The first-order valence-corrected chi connectivity index (χ1v) is 6.38. The van der Waals surface area contributed by atoms with Crippen LogP contribution in [0.5, 0.6) is 0 Å². The lowest BCUT2D eigenvalue weighted by atomic mass is 10.3. The molecule has 0 aliphatic heterocycles. The maximum Gasteiger partial charge on any atom is 0.354 e. The number of hydrogen-bond acceptors (Lipinski definition) is 7. The van der Waals surface area contributed by atoms with Crippen LogP contribution in [0, 0.1) is 10.1 Å². The Kier molecular flexibility index (Phi) is 4.32. The molecule has 1 heterocycles. The molecule has 0 fully saturated rings. The monoisotopic (exact) mass is 358 g/mol. The largest absolute Gasteiger partial charge is 0.354 e. The van der Waals surface area contributed by atoms with Gasteiger partial charge in [0.25, 0.3) is 0 Å². The number of hydrazine groups is 1. The van der Waals surface area contributed by atoms with Gasteiger partial charge in [-0.05, 0) is 18.2 Å². The van der Waals surface area contributed by atoms with Gasteiger partial charge in [-0.15, -0.1) is 0 Å². The molecule has 20 heavy (non-hydrogen) atoms. The topological polar surface area (TPSA) is 119 Å². The Morgan fingerprint density at radius 3 is 2.65 bits per heavy atom. The Bertz CT molecular complexity index is 668. The number of hydrogen-bond donors (Lipinski definition) is 3. The van der Waals surface area contributed by atoms with Gasteiger partial charge in [-0.2, -0.15) is 0 Å². The highest BCUT2D eigenvalue weighted by molar-refractivity contribution is 9.10. The van der Waals surface area contributed by atoms with Gasteiger partial charge in [0, 0.05) is 4.47 Å². The molecule has 2 rings (SSSR count). The maximum atomic E-state index is 11.1. The fourth-order valence-corrected chi connectivity index (χ4v) is 2.19. The molecule has 1 aromatic carbocycles. The number of rotatable bonds is 4. The Hall–Kier alpha value is -1.97. The zero-order valence-electron chi connectivity index (χ0n) is 9.80. The van der Waals surface area contributed by atoms with Crippen LogP contribution in [0.4, 0.5) is 23.0 Å². The molecule has 1 aromatic heterocycles. The van der Waals surface area contributed by atoms with E-state index >= 15 is 0 Å². The molecule has 0 amide bonds. The van der Waals surface area contributed by atoms with Crippen molar-refractivity contribution < 1.29 is 4.92 Å². The zero-order chi connectivity index (χ0) is 14.7. The average molecular weight is 360 g/mol. The van der Waals surface area contributed by atoms with Crippen molar-refractivity contribution in [3.63, 3.8) is 0 Å². The minimum Gasteiger partial charge on any atom is -0.333 e. The summed E-state index contributed by atoms with van der Waals surface area (Å²) in [7, 11) is 0. The summed E-state index contributed by atoms with van der Waals surface area (Å²) in [6.45, 7) is 0. The van der Waals surface area contributed by atoms with Gasteiger partial charge in [0.1, 0.15) is 6.33 Å². The van der Waals surface area contributed by atoms with Gasteiger partial charge in [0.15, 0.2) is 0 Å². The van der Waals surface area contributed by atoms with Crippen LogP contribution in [-0.4, -0.2) is 14.9 Å². The lowest BCUT2D eigenvalue weighted by Crippen LogP contribution is -2.12. The van der Waals surface area contributed by atoms with Crippen LogP contribution in [0.15, 0.2) is 29.0 Å². The van der Waals surface area contributed by atoms with Gasteiger partial charge >= 0.3 is 5.69 Å². The minimum absolute atomic E-state index is 0.0119. The summed E-state index contributed by atoms with van der Waals surface area (Å²) < 4.78 is 0.787. The Balaban J connectivity index is 2.45. The number of aromatic nitrogens is 2. The van der Waals surface area contributed by atoms with Crippen molar-refractivity contribution in [1.29, 1.82) is 0 Å². The van der Waals surface area contributed by atoms with Crippen LogP contribution in [-0.2, 0) is 0 Å². The van der Waals surface area contributed by atoms with E-state index in [0.29, 0.717) is 10.7 Å². The molecule has 0 saturated carbocycles. The quantitative estimate of drug-likeness (QED) is 0.436. The Morgan fingerprint density at radius 1 is 1.35 bits per heavy atom. The smallest absolute Gasteiger partial charge is 0.333 e. The predicted molar refractivity (Wildman–Crippen MR) is 78.9 cm³/mol. The first-order chi connectivity index (χ1) is 9.52. The number of nitrogens with one attached hydrogen (secondary N) is 2. The van der Waals surface area contributed by atoms with E-state index in [1.807, 2.05) is 0 Å². The van der Waals surface area contributed by atoms with E-state index in [1.54, 1.807) is 18.2 Å². The SMILES string of the molecule is NNc1ncnc(Nc2ccc(Br)cc2Cl)c1[N+](=O)[O-]. The van der Waals surface area contributed by atoms with Crippen molar-refractivity contribution in [3.8, 4) is 0 Å². The molecule has 8 nitrogen and oxygen atoms in total. The normalized spacial score (nSPS) is 10.2. The van der Waals surface area contributed by atoms with Crippen LogP contribution in [0.25, 0.3) is 0 Å². The summed E-state index contributed by atoms with van der Waals surface area (Å²) in [6.07, 6.45) is 1.15. The van der Waals surface area contributed by atoms with Gasteiger partial charge < -0.3 is 10.7 Å². The number of nitro groups is 1. The fraction of sp³-hybridized carbons (Fsp3) is 0. The first-order valence-electron chi connectivity index (χ1n) is 5.21. The van der Waals surface area contributed by atoms with E-state index in [9.17, 15) is 10.1 Å². The number of halogens is 2. The van der Waals surface area contributed by atoms with Crippen LogP contribution in [0.2, 0.25) is 5.02 Å². The summed E-state index contributed by atoms with van der Waals surface area (Å²) in [5.41, 5.74) is 2.26. The van der Waals surface area contributed by atoms with Crippen molar-refractivity contribution in [2.24, 2.45) is 5.84 Å². The van der Waals surface area contributed by atoms with Crippen LogP contribution < -0.4 is 16.6 Å². The molecule has 0 aliphatic carbocycles. The Labute approximate surface area is 126 Å². The van der Waals surface area contributed by atoms with Gasteiger partial charge in [0.05, 0.1) is 15.6 Å². The lowest BCUT2D eigenvalue weighted by Gasteiger charge is -2.09. The number of nitrogens with two attached hydrogens (primary N) is 1. The average Bonchev–Trinajstić information content (AvgIpc) is 2.41. The summed E-state index contributed by atoms with van der Waals surface area (Å²) in [4.78, 5) is 18.0. The zero-order valence-corrected chi connectivity index (χ0v) is 12.1. The molecular formula is C10H8BrClN6O2. The third-order valence-corrected chi connectivity index (χ3v) is 3.13. The summed E-state index contributed by atoms with van der Waals surface area (Å²) in [5, 5.41) is 14.2. The van der Waals surface area contributed by atoms with Crippen LogP contribution >= 0.6 is 27.5 Å². The van der Waals surface area contributed by atoms with Crippen LogP contribution in [0.1, 0.15) is 0 Å². The third-order valence-electron chi connectivity index (χ3n) is 2.33.